The maximum atomic E-state index is 13.0. The number of hydrogen-bond acceptors (Lipinski definition) is 4. The first-order chi connectivity index (χ1) is 14.3. The second-order valence-electron chi connectivity index (χ2n) is 6.31. The van der Waals surface area contributed by atoms with Crippen LogP contribution >= 0.6 is 11.6 Å². The van der Waals surface area contributed by atoms with Gasteiger partial charge in [0.05, 0.1) is 27.1 Å². The van der Waals surface area contributed by atoms with E-state index in [0.29, 0.717) is 20.9 Å². The molecule has 3 aromatic rings. The van der Waals surface area contributed by atoms with E-state index in [1.807, 2.05) is 19.1 Å². The Kier molecular flexibility index (Phi) is 6.97. The SMILES string of the molecule is C=C/C(=C\C=C/C)CS(=O)c1ccc(Cl)cc1NS(=O)(=O)c1cc2ccccc2o1. The fraction of sp³-hybridized carbons (Fsp3) is 0.0909. The van der Waals surface area contributed by atoms with Crippen LogP contribution in [0, 0.1) is 0 Å². The minimum absolute atomic E-state index is 0.135. The summed E-state index contributed by atoms with van der Waals surface area (Å²) >= 11 is 6.07. The van der Waals surface area contributed by atoms with Gasteiger partial charge in [0.1, 0.15) is 5.58 Å². The molecular formula is C22H20ClNO4S2. The molecule has 1 atom stereocenters. The lowest BCUT2D eigenvalue weighted by molar-refractivity contribution is 0.484. The molecule has 2 aromatic carbocycles. The first kappa shape index (κ1) is 22.1. The Morgan fingerprint density at radius 1 is 1.23 bits per heavy atom. The first-order valence-corrected chi connectivity index (χ1v) is 12.2. The van der Waals surface area contributed by atoms with Crippen molar-refractivity contribution in [2.75, 3.05) is 10.5 Å². The minimum Gasteiger partial charge on any atom is -0.443 e. The zero-order valence-corrected chi connectivity index (χ0v) is 18.6. The molecule has 156 valence electrons. The van der Waals surface area contributed by atoms with E-state index in [0.717, 1.165) is 5.57 Å². The summed E-state index contributed by atoms with van der Waals surface area (Å²) in [6.07, 6.45) is 7.09. The van der Waals surface area contributed by atoms with Gasteiger partial charge < -0.3 is 4.42 Å². The van der Waals surface area contributed by atoms with Crippen LogP contribution in [0.1, 0.15) is 6.92 Å². The van der Waals surface area contributed by atoms with Crippen molar-refractivity contribution in [1.29, 1.82) is 0 Å². The van der Waals surface area contributed by atoms with Crippen molar-refractivity contribution in [2.24, 2.45) is 0 Å². The topological polar surface area (TPSA) is 76.4 Å². The fourth-order valence-corrected chi connectivity index (χ4v) is 5.21. The zero-order chi connectivity index (χ0) is 21.7. The molecule has 0 saturated carbocycles. The summed E-state index contributed by atoms with van der Waals surface area (Å²) < 4.78 is 46.7. The number of halogens is 1. The number of allylic oxidation sites excluding steroid dienone is 4. The molecule has 0 aliphatic rings. The third-order valence-electron chi connectivity index (χ3n) is 4.16. The molecule has 0 radical (unpaired) electrons. The van der Waals surface area contributed by atoms with Gasteiger partial charge in [0.2, 0.25) is 5.09 Å². The van der Waals surface area contributed by atoms with Crippen molar-refractivity contribution in [1.82, 2.24) is 0 Å². The Balaban J connectivity index is 1.95. The van der Waals surface area contributed by atoms with Crippen molar-refractivity contribution in [3.8, 4) is 0 Å². The summed E-state index contributed by atoms with van der Waals surface area (Å²) in [5.41, 5.74) is 1.35. The van der Waals surface area contributed by atoms with Crippen LogP contribution in [0.25, 0.3) is 11.0 Å². The van der Waals surface area contributed by atoms with Crippen LogP contribution in [0.3, 0.4) is 0 Å². The molecular weight excluding hydrogens is 442 g/mol. The van der Waals surface area contributed by atoms with Crippen molar-refractivity contribution < 1.29 is 17.0 Å². The van der Waals surface area contributed by atoms with Crippen LogP contribution in [0.5, 0.6) is 0 Å². The normalized spacial score (nSPS) is 13.6. The number of hydrogen-bond donors (Lipinski definition) is 1. The van der Waals surface area contributed by atoms with Gasteiger partial charge in [-0.1, -0.05) is 60.7 Å². The molecule has 0 amide bonds. The summed E-state index contributed by atoms with van der Waals surface area (Å²) in [6, 6.07) is 13.0. The standard InChI is InChI=1S/C22H20ClNO4S2/c1-3-5-8-16(4-2)15-29(25)21-12-11-18(23)14-19(21)24-30(26,27)22-13-17-9-6-7-10-20(17)28-22/h3-14,24H,2,15H2,1H3/b5-3-,16-8+. The summed E-state index contributed by atoms with van der Waals surface area (Å²) in [4.78, 5) is 0.312. The molecule has 0 spiro atoms. The molecule has 1 N–H and O–H groups in total. The maximum absolute atomic E-state index is 13.0. The summed E-state index contributed by atoms with van der Waals surface area (Å²) in [5.74, 6) is 0.175. The van der Waals surface area contributed by atoms with E-state index in [1.54, 1.807) is 48.6 Å². The average Bonchev–Trinajstić information content (AvgIpc) is 3.16. The van der Waals surface area contributed by atoms with Crippen LogP contribution in [0.15, 0.2) is 99.4 Å². The average molecular weight is 462 g/mol. The van der Waals surface area contributed by atoms with E-state index < -0.39 is 20.8 Å². The number of furan rings is 1. The van der Waals surface area contributed by atoms with Gasteiger partial charge in [-0.05, 0) is 36.8 Å². The molecule has 0 bridgehead atoms. The van der Waals surface area contributed by atoms with E-state index in [9.17, 15) is 12.6 Å². The highest BCUT2D eigenvalue weighted by atomic mass is 35.5. The second kappa shape index (κ2) is 9.47. The Hall–Kier alpha value is -2.61. The van der Waals surface area contributed by atoms with Crippen molar-refractivity contribution in [3.05, 3.63) is 90.0 Å². The molecule has 1 unspecified atom stereocenters. The van der Waals surface area contributed by atoms with Gasteiger partial charge in [-0.15, -0.1) is 0 Å². The highest BCUT2D eigenvalue weighted by Crippen LogP contribution is 2.29. The number of sulfonamides is 1. The van der Waals surface area contributed by atoms with Gasteiger partial charge in [-0.25, -0.2) is 0 Å². The Bertz CT molecular complexity index is 1240. The number of para-hydroxylation sites is 1. The minimum atomic E-state index is -4.05. The van der Waals surface area contributed by atoms with Crippen LogP contribution in [-0.2, 0) is 20.8 Å². The molecule has 1 heterocycles. The lowest BCUT2D eigenvalue weighted by Gasteiger charge is -2.12. The van der Waals surface area contributed by atoms with E-state index in [1.165, 1.54) is 12.1 Å². The Morgan fingerprint density at radius 2 is 2.00 bits per heavy atom. The predicted octanol–water partition coefficient (Wildman–Crippen LogP) is 5.68. The molecule has 3 rings (SSSR count). The van der Waals surface area contributed by atoms with Gasteiger partial charge in [-0.3, -0.25) is 8.93 Å². The number of anilines is 1. The summed E-state index contributed by atoms with van der Waals surface area (Å²) in [5, 5.41) is 0.740. The van der Waals surface area contributed by atoms with Gasteiger partial charge >= 0.3 is 0 Å². The fourth-order valence-electron chi connectivity index (χ4n) is 2.69. The molecule has 8 heteroatoms. The third kappa shape index (κ3) is 5.11. The third-order valence-corrected chi connectivity index (χ3v) is 7.06. The molecule has 0 saturated heterocycles. The lowest BCUT2D eigenvalue weighted by atomic mass is 10.3. The number of nitrogens with one attached hydrogen (secondary N) is 1. The van der Waals surface area contributed by atoms with Gasteiger partial charge in [0.25, 0.3) is 10.0 Å². The molecule has 30 heavy (non-hydrogen) atoms. The Morgan fingerprint density at radius 3 is 2.70 bits per heavy atom. The van der Waals surface area contributed by atoms with E-state index in [4.69, 9.17) is 16.0 Å². The van der Waals surface area contributed by atoms with Gasteiger partial charge in [-0.2, -0.15) is 8.42 Å². The van der Waals surface area contributed by atoms with Gasteiger partial charge in [0.15, 0.2) is 0 Å². The smallest absolute Gasteiger partial charge is 0.295 e. The van der Waals surface area contributed by atoms with Crippen molar-refractivity contribution in [3.63, 3.8) is 0 Å². The van der Waals surface area contributed by atoms with E-state index in [2.05, 4.69) is 11.3 Å². The Labute approximate surface area is 183 Å². The quantitative estimate of drug-likeness (QED) is 0.437. The molecule has 0 aliphatic carbocycles. The van der Waals surface area contributed by atoms with Crippen molar-refractivity contribution in [2.45, 2.75) is 16.9 Å². The molecule has 5 nitrogen and oxygen atoms in total. The van der Waals surface area contributed by atoms with Crippen LogP contribution < -0.4 is 4.72 Å². The lowest BCUT2D eigenvalue weighted by Crippen LogP contribution is -2.14. The molecule has 1 aromatic heterocycles. The van der Waals surface area contributed by atoms with E-state index in [-0.39, 0.29) is 16.5 Å². The number of benzene rings is 2. The predicted molar refractivity (Wildman–Crippen MR) is 123 cm³/mol. The van der Waals surface area contributed by atoms with Crippen molar-refractivity contribution >= 4 is 49.1 Å². The number of fused-ring (bicyclic) bond motifs is 1. The zero-order valence-electron chi connectivity index (χ0n) is 16.2. The maximum Gasteiger partial charge on any atom is 0.295 e. The van der Waals surface area contributed by atoms with E-state index >= 15 is 0 Å². The number of rotatable bonds is 8. The second-order valence-corrected chi connectivity index (χ2v) is 9.78. The van der Waals surface area contributed by atoms with Crippen LogP contribution in [0.2, 0.25) is 5.02 Å². The van der Waals surface area contributed by atoms with Crippen LogP contribution in [-0.4, -0.2) is 18.4 Å². The summed E-state index contributed by atoms with van der Waals surface area (Å²) in [7, 11) is -5.58. The summed E-state index contributed by atoms with van der Waals surface area (Å²) in [6.45, 7) is 5.61. The molecule has 0 fully saturated rings. The largest absolute Gasteiger partial charge is 0.443 e. The molecule has 0 aliphatic heterocycles. The highest BCUT2D eigenvalue weighted by Gasteiger charge is 2.22. The highest BCUT2D eigenvalue weighted by molar-refractivity contribution is 7.92. The van der Waals surface area contributed by atoms with Crippen LogP contribution in [0.4, 0.5) is 5.69 Å². The van der Waals surface area contributed by atoms with Gasteiger partial charge in [0, 0.05) is 16.5 Å². The first-order valence-electron chi connectivity index (χ1n) is 8.97. The monoisotopic (exact) mass is 461 g/mol.